The van der Waals surface area contributed by atoms with Gasteiger partial charge in [-0.1, -0.05) is 54.1 Å². The summed E-state index contributed by atoms with van der Waals surface area (Å²) in [6.07, 6.45) is 3.68. The molecule has 0 aliphatic carbocycles. The van der Waals surface area contributed by atoms with Crippen LogP contribution in [0.5, 0.6) is 5.75 Å². The van der Waals surface area contributed by atoms with E-state index in [1.807, 2.05) is 72.3 Å². The molecule has 0 atom stereocenters. The summed E-state index contributed by atoms with van der Waals surface area (Å²) < 4.78 is 7.84. The molecule has 156 valence electrons. The summed E-state index contributed by atoms with van der Waals surface area (Å²) in [5, 5.41) is 3.65. The highest BCUT2D eigenvalue weighted by Gasteiger charge is 2.10. The van der Waals surface area contributed by atoms with Crippen molar-refractivity contribution in [1.82, 2.24) is 14.9 Å². The second-order valence-electron chi connectivity index (χ2n) is 7.06. The number of benzene rings is 3. The minimum atomic E-state index is -0.166. The quantitative estimate of drug-likeness (QED) is 0.429. The number of carbonyl (C=O) groups is 1. The fourth-order valence-electron chi connectivity index (χ4n) is 3.31. The lowest BCUT2D eigenvalue weighted by molar-refractivity contribution is 0.0950. The van der Waals surface area contributed by atoms with Gasteiger partial charge < -0.3 is 14.6 Å². The van der Waals surface area contributed by atoms with Crippen molar-refractivity contribution in [3.63, 3.8) is 0 Å². The maximum Gasteiger partial charge on any atom is 0.251 e. The fourth-order valence-corrected chi connectivity index (χ4v) is 3.50. The number of aryl methyl sites for hydroxylation is 1. The van der Waals surface area contributed by atoms with Gasteiger partial charge in [0.25, 0.3) is 5.91 Å². The van der Waals surface area contributed by atoms with Crippen LogP contribution < -0.4 is 10.1 Å². The molecule has 31 heavy (non-hydrogen) atoms. The molecule has 1 heterocycles. The Morgan fingerprint density at radius 1 is 1.03 bits per heavy atom. The highest BCUT2D eigenvalue weighted by Crippen LogP contribution is 2.20. The van der Waals surface area contributed by atoms with Gasteiger partial charge in [0.1, 0.15) is 18.2 Å². The highest BCUT2D eigenvalue weighted by atomic mass is 35.5. The van der Waals surface area contributed by atoms with Crippen LogP contribution in [-0.2, 0) is 13.2 Å². The lowest BCUT2D eigenvalue weighted by Crippen LogP contribution is -2.23. The molecule has 0 aliphatic rings. The van der Waals surface area contributed by atoms with Crippen LogP contribution in [0.4, 0.5) is 0 Å². The molecule has 1 aromatic heterocycles. The Labute approximate surface area is 186 Å². The number of amides is 1. The Morgan fingerprint density at radius 2 is 1.81 bits per heavy atom. The number of halogens is 1. The van der Waals surface area contributed by atoms with E-state index in [0.29, 0.717) is 29.5 Å². The van der Waals surface area contributed by atoms with Gasteiger partial charge >= 0.3 is 0 Å². The van der Waals surface area contributed by atoms with Crippen molar-refractivity contribution in [2.24, 2.45) is 0 Å². The van der Waals surface area contributed by atoms with Crippen molar-refractivity contribution < 1.29 is 9.53 Å². The van der Waals surface area contributed by atoms with E-state index in [4.69, 9.17) is 16.3 Å². The predicted molar refractivity (Wildman–Crippen MR) is 122 cm³/mol. The SMILES string of the molecule is Cc1nccn1-c1ccccc1CNC(=O)c1cccc(OCc2ccccc2Cl)c1. The average Bonchev–Trinajstić information content (AvgIpc) is 3.23. The molecule has 4 rings (SSSR count). The number of aromatic nitrogens is 2. The van der Waals surface area contributed by atoms with Crippen molar-refractivity contribution in [2.45, 2.75) is 20.1 Å². The molecule has 0 unspecified atom stereocenters. The smallest absolute Gasteiger partial charge is 0.251 e. The third-order valence-electron chi connectivity index (χ3n) is 4.96. The summed E-state index contributed by atoms with van der Waals surface area (Å²) in [7, 11) is 0. The van der Waals surface area contributed by atoms with Gasteiger partial charge in [0, 0.05) is 35.1 Å². The summed E-state index contributed by atoms with van der Waals surface area (Å²) in [5.74, 6) is 1.34. The van der Waals surface area contributed by atoms with Crippen LogP contribution in [0.2, 0.25) is 5.02 Å². The zero-order chi connectivity index (χ0) is 21.6. The first-order valence-electron chi connectivity index (χ1n) is 9.94. The molecule has 1 N–H and O–H groups in total. The van der Waals surface area contributed by atoms with Gasteiger partial charge in [-0.3, -0.25) is 4.79 Å². The number of hydrogen-bond acceptors (Lipinski definition) is 3. The molecular formula is C25H22ClN3O2. The van der Waals surface area contributed by atoms with Crippen LogP contribution >= 0.6 is 11.6 Å². The van der Waals surface area contributed by atoms with Crippen molar-refractivity contribution in [1.29, 1.82) is 0 Å². The van der Waals surface area contributed by atoms with E-state index in [1.54, 1.807) is 24.4 Å². The maximum atomic E-state index is 12.8. The predicted octanol–water partition coefficient (Wildman–Crippen LogP) is 5.34. The molecule has 6 heteroatoms. The number of nitrogens with one attached hydrogen (secondary N) is 1. The Kier molecular flexibility index (Phi) is 6.34. The third kappa shape index (κ3) is 4.95. The van der Waals surface area contributed by atoms with Crippen LogP contribution in [-0.4, -0.2) is 15.5 Å². The van der Waals surface area contributed by atoms with Gasteiger partial charge in [-0.2, -0.15) is 0 Å². The molecule has 0 bridgehead atoms. The number of ether oxygens (including phenoxy) is 1. The Morgan fingerprint density at radius 3 is 2.58 bits per heavy atom. The number of nitrogens with zero attached hydrogens (tertiary/aromatic N) is 2. The van der Waals surface area contributed by atoms with Gasteiger partial charge in [0.15, 0.2) is 0 Å². The molecule has 0 radical (unpaired) electrons. The van der Waals surface area contributed by atoms with E-state index in [0.717, 1.165) is 22.6 Å². The van der Waals surface area contributed by atoms with E-state index < -0.39 is 0 Å². The Balaban J connectivity index is 1.43. The van der Waals surface area contributed by atoms with E-state index in [-0.39, 0.29) is 5.91 Å². The van der Waals surface area contributed by atoms with Gasteiger partial charge in [0.05, 0.1) is 5.69 Å². The molecular weight excluding hydrogens is 410 g/mol. The van der Waals surface area contributed by atoms with Crippen LogP contribution in [0.1, 0.15) is 27.3 Å². The second-order valence-corrected chi connectivity index (χ2v) is 7.47. The summed E-state index contributed by atoms with van der Waals surface area (Å²) in [6, 6.07) is 22.6. The van der Waals surface area contributed by atoms with Crippen molar-refractivity contribution >= 4 is 17.5 Å². The van der Waals surface area contributed by atoms with Crippen molar-refractivity contribution in [3.8, 4) is 11.4 Å². The van der Waals surface area contributed by atoms with Gasteiger partial charge in [0.2, 0.25) is 0 Å². The van der Waals surface area contributed by atoms with Crippen molar-refractivity contribution in [2.75, 3.05) is 0 Å². The minimum absolute atomic E-state index is 0.166. The Hall–Kier alpha value is -3.57. The summed E-state index contributed by atoms with van der Waals surface area (Å²) >= 11 is 6.18. The molecule has 4 aromatic rings. The van der Waals surface area contributed by atoms with E-state index in [2.05, 4.69) is 10.3 Å². The topological polar surface area (TPSA) is 56.2 Å². The molecule has 1 amide bonds. The lowest BCUT2D eigenvalue weighted by atomic mass is 10.1. The largest absolute Gasteiger partial charge is 0.489 e. The van der Waals surface area contributed by atoms with E-state index in [1.165, 1.54) is 0 Å². The lowest BCUT2D eigenvalue weighted by Gasteiger charge is -2.13. The van der Waals surface area contributed by atoms with Crippen LogP contribution in [0, 0.1) is 6.92 Å². The zero-order valence-corrected chi connectivity index (χ0v) is 17.8. The highest BCUT2D eigenvalue weighted by molar-refractivity contribution is 6.31. The van der Waals surface area contributed by atoms with Crippen molar-refractivity contribution in [3.05, 3.63) is 113 Å². The zero-order valence-electron chi connectivity index (χ0n) is 17.1. The third-order valence-corrected chi connectivity index (χ3v) is 5.33. The second kappa shape index (κ2) is 9.49. The summed E-state index contributed by atoms with van der Waals surface area (Å²) in [6.45, 7) is 2.68. The number of hydrogen-bond donors (Lipinski definition) is 1. The first kappa shape index (κ1) is 20.7. The first-order chi connectivity index (χ1) is 15.1. The molecule has 0 aliphatic heterocycles. The normalized spacial score (nSPS) is 10.6. The first-order valence-corrected chi connectivity index (χ1v) is 10.3. The number of rotatable bonds is 7. The minimum Gasteiger partial charge on any atom is -0.489 e. The fraction of sp³-hybridized carbons (Fsp3) is 0.120. The summed E-state index contributed by atoms with van der Waals surface area (Å²) in [5.41, 5.74) is 3.43. The average molecular weight is 432 g/mol. The van der Waals surface area contributed by atoms with Crippen LogP contribution in [0.25, 0.3) is 5.69 Å². The number of para-hydroxylation sites is 1. The van der Waals surface area contributed by atoms with Gasteiger partial charge in [-0.15, -0.1) is 0 Å². The standard InChI is InChI=1S/C25H22ClN3O2/c1-18-27-13-14-29(18)24-12-5-3-7-20(24)16-28-25(30)19-9-6-10-22(15-19)31-17-21-8-2-4-11-23(21)26/h2-15H,16-17H2,1H3,(H,28,30). The summed E-state index contributed by atoms with van der Waals surface area (Å²) in [4.78, 5) is 17.0. The Bertz CT molecular complexity index is 1200. The molecule has 5 nitrogen and oxygen atoms in total. The van der Waals surface area contributed by atoms with E-state index in [9.17, 15) is 4.79 Å². The van der Waals surface area contributed by atoms with Crippen LogP contribution in [0.3, 0.4) is 0 Å². The molecule has 0 spiro atoms. The molecule has 0 saturated heterocycles. The molecule has 0 fully saturated rings. The molecule has 0 saturated carbocycles. The van der Waals surface area contributed by atoms with E-state index >= 15 is 0 Å². The molecule has 3 aromatic carbocycles. The van der Waals surface area contributed by atoms with Gasteiger partial charge in [-0.05, 0) is 42.8 Å². The number of carbonyl (C=O) groups excluding carboxylic acids is 1. The monoisotopic (exact) mass is 431 g/mol. The maximum absolute atomic E-state index is 12.8. The number of imidazole rings is 1. The van der Waals surface area contributed by atoms with Crippen LogP contribution in [0.15, 0.2) is 85.2 Å². The van der Waals surface area contributed by atoms with Gasteiger partial charge in [-0.25, -0.2) is 4.98 Å².